The molecule has 1 unspecified atom stereocenters. The summed E-state index contributed by atoms with van der Waals surface area (Å²) in [7, 11) is 0. The smallest absolute Gasteiger partial charge is 0.301 e. The number of thioether (sulfide) groups is 1. The van der Waals surface area contributed by atoms with E-state index in [1.165, 1.54) is 40.4 Å². The van der Waals surface area contributed by atoms with E-state index in [4.69, 9.17) is 16.3 Å². The first kappa shape index (κ1) is 26.9. The molecule has 1 aliphatic heterocycles. The van der Waals surface area contributed by atoms with E-state index in [9.17, 15) is 14.7 Å². The van der Waals surface area contributed by atoms with Gasteiger partial charge in [-0.2, -0.15) is 0 Å². The molecule has 1 fully saturated rings. The van der Waals surface area contributed by atoms with Gasteiger partial charge in [0, 0.05) is 28.7 Å². The van der Waals surface area contributed by atoms with Crippen LogP contribution in [0.4, 0.5) is 5.13 Å². The molecule has 0 spiro atoms. The monoisotopic (exact) mass is 578 g/mol. The number of aliphatic hydroxyl groups is 1. The second-order valence-corrected chi connectivity index (χ2v) is 11.1. The molecule has 1 aliphatic rings. The number of Topliss-reactive ketones (excluding diaryl/α,β-unsaturated/α-hetero) is 1. The van der Waals surface area contributed by atoms with Crippen LogP contribution < -0.4 is 9.64 Å². The van der Waals surface area contributed by atoms with Gasteiger partial charge in [-0.05, 0) is 47.9 Å². The van der Waals surface area contributed by atoms with E-state index in [1.54, 1.807) is 30.3 Å². The van der Waals surface area contributed by atoms with Crippen LogP contribution in [0, 0.1) is 0 Å². The van der Waals surface area contributed by atoms with Crippen LogP contribution in [0.5, 0.6) is 5.75 Å². The molecule has 2 aromatic carbocycles. The highest BCUT2D eigenvalue weighted by molar-refractivity contribution is 8.00. The van der Waals surface area contributed by atoms with Crippen molar-refractivity contribution < 1.29 is 19.4 Å². The summed E-state index contributed by atoms with van der Waals surface area (Å²) in [4.78, 5) is 32.1. The number of benzene rings is 2. The summed E-state index contributed by atoms with van der Waals surface area (Å²) in [5, 5.41) is 20.6. The second-order valence-electron chi connectivity index (χ2n) is 8.56. The van der Waals surface area contributed by atoms with E-state index in [-0.39, 0.29) is 16.5 Å². The topological polar surface area (TPSA) is 106 Å². The van der Waals surface area contributed by atoms with E-state index in [0.29, 0.717) is 38.6 Å². The molecule has 5 rings (SSSR count). The van der Waals surface area contributed by atoms with Crippen LogP contribution in [0.3, 0.4) is 0 Å². The van der Waals surface area contributed by atoms with Crippen LogP contribution in [0.25, 0.3) is 5.76 Å². The van der Waals surface area contributed by atoms with Gasteiger partial charge in [0.2, 0.25) is 5.13 Å². The normalized spacial score (nSPS) is 16.6. The molecular formula is C28H23ClN4O4S2. The number of carbonyl (C=O) groups excluding carboxylic acids is 2. The fourth-order valence-corrected chi connectivity index (χ4v) is 6.27. The number of hydrogen-bond donors (Lipinski definition) is 1. The standard InChI is InChI=1S/C28H23ClN4O4S2/c1-2-14-37-20-8-5-7-18(15-20)23-22(24(34)17-10-12-30-13-11-17)25(35)26(36)33(23)27-31-32-28(39-27)38-16-19-6-3-4-9-21(19)29/h3-13,15,23,34H,2,14,16H2,1H3/b24-22+. The summed E-state index contributed by atoms with van der Waals surface area (Å²) in [6.07, 6.45) is 3.84. The zero-order valence-corrected chi connectivity index (χ0v) is 23.2. The molecule has 198 valence electrons. The first-order valence-corrected chi connectivity index (χ1v) is 14.3. The minimum absolute atomic E-state index is 0.0423. The Bertz CT molecular complexity index is 1540. The Balaban J connectivity index is 1.54. The van der Waals surface area contributed by atoms with Crippen molar-refractivity contribution in [1.82, 2.24) is 15.2 Å². The number of rotatable bonds is 9. The summed E-state index contributed by atoms with van der Waals surface area (Å²) in [5.74, 6) is -0.739. The number of aromatic nitrogens is 3. The molecule has 39 heavy (non-hydrogen) atoms. The lowest BCUT2D eigenvalue weighted by Crippen LogP contribution is -2.29. The molecule has 1 atom stereocenters. The molecule has 1 amide bonds. The van der Waals surface area contributed by atoms with Crippen molar-refractivity contribution in [2.75, 3.05) is 11.5 Å². The second kappa shape index (κ2) is 12.0. The molecule has 0 bridgehead atoms. The van der Waals surface area contributed by atoms with Gasteiger partial charge in [-0.3, -0.25) is 19.5 Å². The first-order chi connectivity index (χ1) is 19.0. The highest BCUT2D eigenvalue weighted by Crippen LogP contribution is 2.44. The third kappa shape index (κ3) is 5.68. The third-order valence-corrected chi connectivity index (χ3v) is 8.43. The van der Waals surface area contributed by atoms with E-state index in [1.807, 2.05) is 37.3 Å². The molecule has 11 heteroatoms. The summed E-state index contributed by atoms with van der Waals surface area (Å²) in [6, 6.07) is 16.9. The van der Waals surface area contributed by atoms with Crippen molar-refractivity contribution >= 4 is 57.3 Å². The van der Waals surface area contributed by atoms with E-state index in [2.05, 4.69) is 15.2 Å². The highest BCUT2D eigenvalue weighted by atomic mass is 35.5. The number of ether oxygens (including phenoxy) is 1. The third-order valence-electron chi connectivity index (χ3n) is 5.96. The van der Waals surface area contributed by atoms with Crippen LogP contribution in [-0.4, -0.2) is 38.6 Å². The van der Waals surface area contributed by atoms with Gasteiger partial charge >= 0.3 is 5.91 Å². The predicted octanol–water partition coefficient (Wildman–Crippen LogP) is 6.29. The first-order valence-electron chi connectivity index (χ1n) is 12.1. The largest absolute Gasteiger partial charge is 0.507 e. The van der Waals surface area contributed by atoms with Gasteiger partial charge in [0.1, 0.15) is 11.5 Å². The van der Waals surface area contributed by atoms with Gasteiger partial charge in [-0.25, -0.2) is 0 Å². The molecule has 3 heterocycles. The summed E-state index contributed by atoms with van der Waals surface area (Å²) >= 11 is 8.91. The maximum Gasteiger partial charge on any atom is 0.301 e. The number of pyridine rings is 1. The van der Waals surface area contributed by atoms with Gasteiger partial charge in [-0.1, -0.05) is 72.0 Å². The van der Waals surface area contributed by atoms with E-state index < -0.39 is 17.7 Å². The number of nitrogens with zero attached hydrogens (tertiary/aromatic N) is 4. The fraction of sp³-hybridized carbons (Fsp3) is 0.179. The van der Waals surface area contributed by atoms with E-state index >= 15 is 0 Å². The van der Waals surface area contributed by atoms with Crippen molar-refractivity contribution in [3.05, 3.63) is 100 Å². The summed E-state index contributed by atoms with van der Waals surface area (Å²) in [6.45, 7) is 2.52. The Labute approximate surface area is 238 Å². The lowest BCUT2D eigenvalue weighted by Gasteiger charge is -2.23. The zero-order valence-electron chi connectivity index (χ0n) is 20.8. The molecule has 4 aromatic rings. The van der Waals surface area contributed by atoms with Gasteiger partial charge in [0.25, 0.3) is 5.78 Å². The van der Waals surface area contributed by atoms with Crippen LogP contribution in [-0.2, 0) is 15.3 Å². The number of aliphatic hydroxyl groups excluding tert-OH is 1. The molecule has 1 saturated heterocycles. The fourth-order valence-electron chi connectivity index (χ4n) is 4.12. The van der Waals surface area contributed by atoms with Gasteiger partial charge in [-0.15, -0.1) is 10.2 Å². The SMILES string of the molecule is CCCOc1cccc(C2/C(=C(\O)c3ccncc3)C(=O)C(=O)N2c2nnc(SCc3ccccc3Cl)s2)c1. The quantitative estimate of drug-likeness (QED) is 0.0811. The Morgan fingerprint density at radius 1 is 1.10 bits per heavy atom. The number of amides is 1. The van der Waals surface area contributed by atoms with Crippen molar-refractivity contribution in [2.24, 2.45) is 0 Å². The predicted molar refractivity (Wildman–Crippen MR) is 152 cm³/mol. The Morgan fingerprint density at radius 2 is 1.90 bits per heavy atom. The van der Waals surface area contributed by atoms with E-state index in [0.717, 1.165) is 12.0 Å². The Morgan fingerprint density at radius 3 is 2.67 bits per heavy atom. The number of carbonyl (C=O) groups is 2. The lowest BCUT2D eigenvalue weighted by atomic mass is 9.95. The van der Waals surface area contributed by atoms with Crippen LogP contribution >= 0.6 is 34.7 Å². The minimum Gasteiger partial charge on any atom is -0.507 e. The molecule has 8 nitrogen and oxygen atoms in total. The summed E-state index contributed by atoms with van der Waals surface area (Å²) in [5.41, 5.74) is 1.88. The zero-order chi connectivity index (χ0) is 27.4. The van der Waals surface area contributed by atoms with Crippen LogP contribution in [0.2, 0.25) is 5.02 Å². The molecule has 0 saturated carbocycles. The maximum absolute atomic E-state index is 13.4. The average molecular weight is 579 g/mol. The number of anilines is 1. The molecule has 0 radical (unpaired) electrons. The van der Waals surface area contributed by atoms with Crippen molar-refractivity contribution in [2.45, 2.75) is 29.5 Å². The maximum atomic E-state index is 13.4. The lowest BCUT2D eigenvalue weighted by molar-refractivity contribution is -0.132. The molecule has 1 N–H and O–H groups in total. The van der Waals surface area contributed by atoms with Crippen LogP contribution in [0.15, 0.2) is 83.0 Å². The van der Waals surface area contributed by atoms with Crippen molar-refractivity contribution in [1.29, 1.82) is 0 Å². The Kier molecular flexibility index (Phi) is 8.25. The number of ketones is 1. The molecular weight excluding hydrogens is 556 g/mol. The molecule has 2 aromatic heterocycles. The van der Waals surface area contributed by atoms with Gasteiger partial charge in [0.15, 0.2) is 4.34 Å². The number of halogens is 1. The minimum atomic E-state index is -0.933. The Hall–Kier alpha value is -3.73. The highest BCUT2D eigenvalue weighted by Gasteiger charge is 2.48. The van der Waals surface area contributed by atoms with Gasteiger partial charge in [0.05, 0.1) is 18.2 Å². The van der Waals surface area contributed by atoms with Crippen molar-refractivity contribution in [3.63, 3.8) is 0 Å². The van der Waals surface area contributed by atoms with Gasteiger partial charge < -0.3 is 9.84 Å². The number of hydrogen-bond acceptors (Lipinski definition) is 9. The average Bonchev–Trinajstić information content (AvgIpc) is 3.53. The molecule has 0 aliphatic carbocycles. The van der Waals surface area contributed by atoms with Crippen LogP contribution in [0.1, 0.15) is 36.1 Å². The van der Waals surface area contributed by atoms with Crippen molar-refractivity contribution in [3.8, 4) is 5.75 Å². The summed E-state index contributed by atoms with van der Waals surface area (Å²) < 4.78 is 6.41.